The first-order valence-corrected chi connectivity index (χ1v) is 8.98. The lowest BCUT2D eigenvalue weighted by atomic mass is 10.1. The number of hydrogen-bond donors (Lipinski definition) is 1. The minimum Gasteiger partial charge on any atom is -0.335 e. The van der Waals surface area contributed by atoms with Crippen LogP contribution in [-0.4, -0.2) is 17.7 Å². The quantitative estimate of drug-likeness (QED) is 0.397. The van der Waals surface area contributed by atoms with E-state index < -0.39 is 11.9 Å². The van der Waals surface area contributed by atoms with E-state index in [0.717, 1.165) is 11.1 Å². The summed E-state index contributed by atoms with van der Waals surface area (Å²) in [6, 6.07) is 22.6. The lowest BCUT2D eigenvalue weighted by Gasteiger charge is -2.06. The normalized spacial score (nSPS) is 10.5. The number of rotatable bonds is 5. The molecular weight excluding hydrogens is 366 g/mol. The molecule has 0 saturated carbocycles. The first-order chi connectivity index (χ1) is 14.0. The van der Waals surface area contributed by atoms with E-state index in [1.54, 1.807) is 60.7 Å². The van der Waals surface area contributed by atoms with Gasteiger partial charge in [0.15, 0.2) is 5.78 Å². The SMILES string of the molecule is CC(=O)c1ccc(/C=C/c2cccc(C(=O)NOC(=O)c3ccccc3)c2)cc1. The van der Waals surface area contributed by atoms with E-state index >= 15 is 0 Å². The van der Waals surface area contributed by atoms with Gasteiger partial charge in [0.25, 0.3) is 5.91 Å². The van der Waals surface area contributed by atoms with Crippen LogP contribution in [0.1, 0.15) is 49.1 Å². The molecule has 0 unspecified atom stereocenters. The van der Waals surface area contributed by atoms with Crippen molar-refractivity contribution in [3.63, 3.8) is 0 Å². The number of nitrogens with one attached hydrogen (secondary N) is 1. The van der Waals surface area contributed by atoms with Gasteiger partial charge in [-0.3, -0.25) is 9.59 Å². The van der Waals surface area contributed by atoms with Gasteiger partial charge in [0.05, 0.1) is 5.56 Å². The van der Waals surface area contributed by atoms with Crippen molar-refractivity contribution < 1.29 is 19.2 Å². The molecule has 3 aromatic carbocycles. The van der Waals surface area contributed by atoms with Crippen molar-refractivity contribution in [1.29, 1.82) is 0 Å². The Morgan fingerprint density at radius 1 is 0.724 bits per heavy atom. The van der Waals surface area contributed by atoms with E-state index in [1.165, 1.54) is 6.92 Å². The van der Waals surface area contributed by atoms with Gasteiger partial charge in [-0.05, 0) is 42.3 Å². The molecule has 0 saturated heterocycles. The third-order valence-electron chi connectivity index (χ3n) is 4.18. The zero-order chi connectivity index (χ0) is 20.6. The summed E-state index contributed by atoms with van der Waals surface area (Å²) in [5, 5.41) is 0. The highest BCUT2D eigenvalue weighted by molar-refractivity contribution is 5.96. The lowest BCUT2D eigenvalue weighted by Crippen LogP contribution is -2.27. The lowest BCUT2D eigenvalue weighted by molar-refractivity contribution is 0.0230. The zero-order valence-corrected chi connectivity index (χ0v) is 15.8. The topological polar surface area (TPSA) is 72.5 Å². The fourth-order valence-corrected chi connectivity index (χ4v) is 2.59. The predicted molar refractivity (Wildman–Crippen MR) is 111 cm³/mol. The second-order valence-corrected chi connectivity index (χ2v) is 6.32. The van der Waals surface area contributed by atoms with Crippen molar-refractivity contribution in [2.45, 2.75) is 6.92 Å². The van der Waals surface area contributed by atoms with Crippen molar-refractivity contribution in [1.82, 2.24) is 5.48 Å². The molecule has 5 nitrogen and oxygen atoms in total. The van der Waals surface area contributed by atoms with Gasteiger partial charge in [-0.15, -0.1) is 0 Å². The fraction of sp³-hybridized carbons (Fsp3) is 0.0417. The zero-order valence-electron chi connectivity index (χ0n) is 15.8. The molecule has 0 aliphatic carbocycles. The molecule has 3 aromatic rings. The fourth-order valence-electron chi connectivity index (χ4n) is 2.59. The monoisotopic (exact) mass is 385 g/mol. The van der Waals surface area contributed by atoms with E-state index in [-0.39, 0.29) is 5.78 Å². The number of ketones is 1. The van der Waals surface area contributed by atoms with E-state index in [9.17, 15) is 14.4 Å². The summed E-state index contributed by atoms with van der Waals surface area (Å²) < 4.78 is 0. The van der Waals surface area contributed by atoms with Crippen molar-refractivity contribution in [2.75, 3.05) is 0 Å². The molecule has 0 aliphatic heterocycles. The Morgan fingerprint density at radius 3 is 2.07 bits per heavy atom. The van der Waals surface area contributed by atoms with E-state index in [0.29, 0.717) is 16.7 Å². The Kier molecular flexibility index (Phi) is 6.32. The van der Waals surface area contributed by atoms with Crippen LogP contribution in [0.5, 0.6) is 0 Å². The van der Waals surface area contributed by atoms with E-state index in [2.05, 4.69) is 5.48 Å². The minimum absolute atomic E-state index is 0.0206. The number of carbonyl (C=O) groups excluding carboxylic acids is 3. The van der Waals surface area contributed by atoms with E-state index in [4.69, 9.17) is 4.84 Å². The maximum atomic E-state index is 12.3. The van der Waals surface area contributed by atoms with Crippen LogP contribution in [0.4, 0.5) is 0 Å². The van der Waals surface area contributed by atoms with Gasteiger partial charge in [0, 0.05) is 11.1 Å². The molecule has 0 heterocycles. The van der Waals surface area contributed by atoms with Gasteiger partial charge < -0.3 is 4.84 Å². The highest BCUT2D eigenvalue weighted by Gasteiger charge is 2.11. The number of benzene rings is 3. The maximum absolute atomic E-state index is 12.3. The maximum Gasteiger partial charge on any atom is 0.362 e. The first-order valence-electron chi connectivity index (χ1n) is 8.98. The second kappa shape index (κ2) is 9.28. The molecule has 144 valence electrons. The molecule has 0 atom stereocenters. The predicted octanol–water partition coefficient (Wildman–Crippen LogP) is 4.56. The summed E-state index contributed by atoms with van der Waals surface area (Å²) in [7, 11) is 0. The van der Waals surface area contributed by atoms with Crippen LogP contribution >= 0.6 is 0 Å². The van der Waals surface area contributed by atoms with Gasteiger partial charge in [-0.1, -0.05) is 66.7 Å². The number of carbonyl (C=O) groups is 3. The molecule has 0 aromatic heterocycles. The molecule has 1 amide bonds. The largest absolute Gasteiger partial charge is 0.362 e. The Bertz CT molecular complexity index is 1050. The van der Waals surface area contributed by atoms with Crippen LogP contribution in [0, 0.1) is 0 Å². The molecule has 5 heteroatoms. The third kappa shape index (κ3) is 5.49. The van der Waals surface area contributed by atoms with Crippen molar-refractivity contribution in [3.8, 4) is 0 Å². The Morgan fingerprint density at radius 2 is 1.38 bits per heavy atom. The Balaban J connectivity index is 1.63. The highest BCUT2D eigenvalue weighted by atomic mass is 16.7. The first kappa shape index (κ1) is 19.8. The van der Waals surface area contributed by atoms with Crippen LogP contribution in [0.3, 0.4) is 0 Å². The summed E-state index contributed by atoms with van der Waals surface area (Å²) >= 11 is 0. The van der Waals surface area contributed by atoms with Gasteiger partial charge in [-0.2, -0.15) is 5.48 Å². The van der Waals surface area contributed by atoms with Crippen LogP contribution in [0.25, 0.3) is 12.2 Å². The molecule has 1 N–H and O–H groups in total. The molecular formula is C24H19NO4. The van der Waals surface area contributed by atoms with Crippen LogP contribution < -0.4 is 5.48 Å². The highest BCUT2D eigenvalue weighted by Crippen LogP contribution is 2.12. The molecule has 0 radical (unpaired) electrons. The number of Topliss-reactive ketones (excluding diaryl/α,β-unsaturated/α-hetero) is 1. The second-order valence-electron chi connectivity index (χ2n) is 6.32. The van der Waals surface area contributed by atoms with Gasteiger partial charge in [0.1, 0.15) is 0 Å². The molecule has 0 spiro atoms. The summed E-state index contributed by atoms with van der Waals surface area (Å²) in [4.78, 5) is 40.4. The molecule has 0 bridgehead atoms. The van der Waals surface area contributed by atoms with Crippen molar-refractivity contribution in [3.05, 3.63) is 107 Å². The molecule has 0 fully saturated rings. The van der Waals surface area contributed by atoms with Gasteiger partial charge >= 0.3 is 5.97 Å². The number of hydrogen-bond acceptors (Lipinski definition) is 4. The van der Waals surface area contributed by atoms with E-state index in [1.807, 2.05) is 30.4 Å². The van der Waals surface area contributed by atoms with Crippen LogP contribution in [-0.2, 0) is 4.84 Å². The minimum atomic E-state index is -0.635. The average molecular weight is 385 g/mol. The van der Waals surface area contributed by atoms with Crippen molar-refractivity contribution in [2.24, 2.45) is 0 Å². The van der Waals surface area contributed by atoms with Crippen LogP contribution in [0.15, 0.2) is 78.9 Å². The number of hydroxylamine groups is 1. The van der Waals surface area contributed by atoms with Gasteiger partial charge in [-0.25, -0.2) is 4.79 Å². The van der Waals surface area contributed by atoms with Crippen LogP contribution in [0.2, 0.25) is 0 Å². The standard InChI is InChI=1S/C24H19NO4/c1-17(26)20-14-12-18(13-15-20)10-11-19-6-5-9-22(16-19)23(27)25-29-24(28)21-7-3-2-4-8-21/h2-16H,1H3,(H,25,27)/b11-10+. The molecule has 0 aliphatic rings. The Labute approximate surface area is 168 Å². The summed E-state index contributed by atoms with van der Waals surface area (Å²) in [5.74, 6) is -1.13. The number of amides is 1. The summed E-state index contributed by atoms with van der Waals surface area (Å²) in [6.07, 6.45) is 3.74. The Hall–Kier alpha value is -3.99. The third-order valence-corrected chi connectivity index (χ3v) is 4.18. The van der Waals surface area contributed by atoms with Gasteiger partial charge in [0.2, 0.25) is 0 Å². The summed E-state index contributed by atoms with van der Waals surface area (Å²) in [6.45, 7) is 1.53. The molecule has 3 rings (SSSR count). The smallest absolute Gasteiger partial charge is 0.335 e. The average Bonchev–Trinajstić information content (AvgIpc) is 2.77. The summed E-state index contributed by atoms with van der Waals surface area (Å²) in [5.41, 5.74) is 5.28. The van der Waals surface area contributed by atoms with Crippen molar-refractivity contribution >= 4 is 29.8 Å². The molecule has 29 heavy (non-hydrogen) atoms.